The number of benzene rings is 1. The second-order valence-corrected chi connectivity index (χ2v) is 5.82. The van der Waals surface area contributed by atoms with Crippen molar-refractivity contribution in [1.29, 1.82) is 0 Å². The molecule has 7 nitrogen and oxygen atoms in total. The van der Waals surface area contributed by atoms with Crippen LogP contribution >= 0.6 is 12.4 Å². The molecule has 1 fully saturated rings. The number of methoxy groups -OCH3 is 1. The number of ether oxygens (including phenoxy) is 1. The Balaban J connectivity index is 0.00000208. The van der Waals surface area contributed by atoms with Gasteiger partial charge in [-0.2, -0.15) is 5.10 Å². The fraction of sp³-hybridized carbons (Fsp3) is 0.438. The number of aromatic nitrogens is 3. The van der Waals surface area contributed by atoms with Gasteiger partial charge in [0, 0.05) is 17.5 Å². The van der Waals surface area contributed by atoms with Gasteiger partial charge in [0.1, 0.15) is 11.6 Å². The van der Waals surface area contributed by atoms with Crippen molar-refractivity contribution in [3.63, 3.8) is 0 Å². The lowest BCUT2D eigenvalue weighted by Crippen LogP contribution is -2.30. The van der Waals surface area contributed by atoms with E-state index >= 15 is 0 Å². The molecule has 1 amide bonds. The molecule has 1 saturated carbocycles. The van der Waals surface area contributed by atoms with Crippen molar-refractivity contribution >= 4 is 18.3 Å². The van der Waals surface area contributed by atoms with E-state index in [2.05, 4.69) is 20.5 Å². The molecule has 2 unspecified atom stereocenters. The number of hydrogen-bond acceptors (Lipinski definition) is 5. The van der Waals surface area contributed by atoms with Crippen molar-refractivity contribution in [2.24, 2.45) is 11.7 Å². The maximum Gasteiger partial charge on any atom is 0.223 e. The Morgan fingerprint density at radius 3 is 2.75 bits per heavy atom. The Morgan fingerprint density at radius 1 is 1.38 bits per heavy atom. The molecule has 2 atom stereocenters. The summed E-state index contributed by atoms with van der Waals surface area (Å²) in [6.45, 7) is 0.341. The first-order valence-electron chi connectivity index (χ1n) is 7.74. The van der Waals surface area contributed by atoms with Crippen LogP contribution < -0.4 is 15.8 Å². The lowest BCUT2D eigenvalue weighted by atomic mass is 10.1. The van der Waals surface area contributed by atoms with E-state index in [9.17, 15) is 4.79 Å². The normalized spacial score (nSPS) is 19.6. The minimum absolute atomic E-state index is 0. The number of rotatable bonds is 5. The number of hydrogen-bond donors (Lipinski definition) is 3. The van der Waals surface area contributed by atoms with Crippen LogP contribution in [0.2, 0.25) is 0 Å². The van der Waals surface area contributed by atoms with Crippen molar-refractivity contribution in [2.75, 3.05) is 7.11 Å². The summed E-state index contributed by atoms with van der Waals surface area (Å²) in [5.41, 5.74) is 6.73. The van der Waals surface area contributed by atoms with Crippen LogP contribution in [-0.2, 0) is 11.3 Å². The molecular weight excluding hydrogens is 330 g/mol. The summed E-state index contributed by atoms with van der Waals surface area (Å²) in [5.74, 6) is 2.08. The van der Waals surface area contributed by atoms with Crippen LogP contribution in [0.5, 0.6) is 5.75 Å². The topological polar surface area (TPSA) is 106 Å². The molecule has 24 heavy (non-hydrogen) atoms. The molecule has 1 aromatic heterocycles. The smallest absolute Gasteiger partial charge is 0.223 e. The van der Waals surface area contributed by atoms with Crippen LogP contribution in [0.3, 0.4) is 0 Å². The van der Waals surface area contributed by atoms with Gasteiger partial charge in [-0.1, -0.05) is 0 Å². The van der Waals surface area contributed by atoms with Crippen LogP contribution in [-0.4, -0.2) is 34.2 Å². The summed E-state index contributed by atoms with van der Waals surface area (Å²) in [5, 5.41) is 9.93. The van der Waals surface area contributed by atoms with E-state index in [4.69, 9.17) is 10.5 Å². The van der Waals surface area contributed by atoms with E-state index in [0.717, 1.165) is 30.6 Å². The zero-order valence-corrected chi connectivity index (χ0v) is 14.3. The predicted molar refractivity (Wildman–Crippen MR) is 92.8 cm³/mol. The number of carbonyl (C=O) groups excluding carboxylic acids is 1. The molecule has 1 aliphatic carbocycles. The molecule has 8 heteroatoms. The third-order valence-electron chi connectivity index (χ3n) is 4.15. The molecule has 3 rings (SSSR count). The first-order chi connectivity index (χ1) is 11.2. The Bertz CT molecular complexity index is 673. The third kappa shape index (κ3) is 4.24. The molecule has 1 heterocycles. The second-order valence-electron chi connectivity index (χ2n) is 5.82. The van der Waals surface area contributed by atoms with Crippen molar-refractivity contribution < 1.29 is 9.53 Å². The maximum absolute atomic E-state index is 12.1. The molecule has 130 valence electrons. The molecule has 0 radical (unpaired) electrons. The lowest BCUT2D eigenvalue weighted by molar-refractivity contribution is -0.125. The molecule has 1 aliphatic rings. The van der Waals surface area contributed by atoms with Crippen molar-refractivity contribution in [1.82, 2.24) is 20.5 Å². The number of carbonyl (C=O) groups is 1. The Labute approximate surface area is 146 Å². The molecular formula is C16H22ClN5O2. The average molecular weight is 352 g/mol. The first-order valence-corrected chi connectivity index (χ1v) is 7.74. The molecule has 4 N–H and O–H groups in total. The SMILES string of the molecule is COc1ccc(-c2n[nH]c(CNC(=O)C3CCC(N)C3)n2)cc1.Cl. The number of nitrogens with zero attached hydrogens (tertiary/aromatic N) is 2. The zero-order chi connectivity index (χ0) is 16.2. The van der Waals surface area contributed by atoms with Gasteiger partial charge in [-0.25, -0.2) is 4.98 Å². The largest absolute Gasteiger partial charge is 0.497 e. The molecule has 0 spiro atoms. The summed E-state index contributed by atoms with van der Waals surface area (Å²) < 4.78 is 5.13. The lowest BCUT2D eigenvalue weighted by Gasteiger charge is -2.09. The van der Waals surface area contributed by atoms with Crippen molar-refractivity contribution in [3.05, 3.63) is 30.1 Å². The standard InChI is InChI=1S/C16H21N5O2.ClH/c1-23-13-6-3-10(4-7-13)15-19-14(20-21-15)9-18-16(22)11-2-5-12(17)8-11;/h3-4,6-7,11-12H,2,5,8-9,17H2,1H3,(H,18,22)(H,19,20,21);1H. The number of nitrogens with two attached hydrogens (primary N) is 1. The van der Waals surface area contributed by atoms with Crippen LogP contribution in [0.25, 0.3) is 11.4 Å². The zero-order valence-electron chi connectivity index (χ0n) is 13.5. The van der Waals surface area contributed by atoms with Crippen LogP contribution in [0.15, 0.2) is 24.3 Å². The second kappa shape index (κ2) is 8.12. The molecule has 0 aliphatic heterocycles. The van der Waals surface area contributed by atoms with Gasteiger partial charge >= 0.3 is 0 Å². The van der Waals surface area contributed by atoms with E-state index in [0.29, 0.717) is 18.2 Å². The Hall–Kier alpha value is -2.12. The maximum atomic E-state index is 12.1. The van der Waals surface area contributed by atoms with E-state index in [1.807, 2.05) is 24.3 Å². The highest BCUT2D eigenvalue weighted by Gasteiger charge is 2.27. The highest BCUT2D eigenvalue weighted by molar-refractivity contribution is 5.85. The van der Waals surface area contributed by atoms with Gasteiger partial charge < -0.3 is 15.8 Å². The summed E-state index contributed by atoms with van der Waals surface area (Å²) in [6.07, 6.45) is 2.54. The minimum atomic E-state index is 0. The average Bonchev–Trinajstić information content (AvgIpc) is 3.22. The number of H-pyrrole nitrogens is 1. The minimum Gasteiger partial charge on any atom is -0.497 e. The van der Waals surface area contributed by atoms with Gasteiger partial charge in [0.25, 0.3) is 0 Å². The number of aromatic amines is 1. The van der Waals surface area contributed by atoms with E-state index in [-0.39, 0.29) is 30.3 Å². The predicted octanol–water partition coefficient (Wildman–Crippen LogP) is 1.65. The van der Waals surface area contributed by atoms with E-state index in [1.165, 1.54) is 0 Å². The quantitative estimate of drug-likeness (QED) is 0.759. The molecule has 2 aromatic rings. The van der Waals surface area contributed by atoms with Crippen molar-refractivity contribution in [2.45, 2.75) is 31.8 Å². The van der Waals surface area contributed by atoms with Gasteiger partial charge in [0.05, 0.1) is 13.7 Å². The number of nitrogens with one attached hydrogen (secondary N) is 2. The van der Waals surface area contributed by atoms with E-state index in [1.54, 1.807) is 7.11 Å². The Morgan fingerprint density at radius 2 is 2.12 bits per heavy atom. The molecule has 0 saturated heterocycles. The van der Waals surface area contributed by atoms with Crippen LogP contribution in [0.4, 0.5) is 0 Å². The molecule has 0 bridgehead atoms. The highest BCUT2D eigenvalue weighted by atomic mass is 35.5. The monoisotopic (exact) mass is 351 g/mol. The fourth-order valence-corrected chi connectivity index (χ4v) is 2.81. The van der Waals surface area contributed by atoms with Gasteiger partial charge in [-0.05, 0) is 43.5 Å². The van der Waals surface area contributed by atoms with Gasteiger partial charge in [0.2, 0.25) is 5.91 Å². The highest BCUT2D eigenvalue weighted by Crippen LogP contribution is 2.24. The summed E-state index contributed by atoms with van der Waals surface area (Å²) >= 11 is 0. The van der Waals surface area contributed by atoms with Gasteiger partial charge in [-0.15, -0.1) is 12.4 Å². The Kier molecular flexibility index (Phi) is 6.16. The third-order valence-corrected chi connectivity index (χ3v) is 4.15. The first kappa shape index (κ1) is 18.2. The summed E-state index contributed by atoms with van der Waals surface area (Å²) in [7, 11) is 1.62. The number of amides is 1. The van der Waals surface area contributed by atoms with E-state index < -0.39 is 0 Å². The summed E-state index contributed by atoms with van der Waals surface area (Å²) in [6, 6.07) is 7.65. The molecule has 1 aromatic carbocycles. The fourth-order valence-electron chi connectivity index (χ4n) is 2.81. The van der Waals surface area contributed by atoms with Crippen LogP contribution in [0, 0.1) is 5.92 Å². The number of halogens is 1. The van der Waals surface area contributed by atoms with Gasteiger partial charge in [-0.3, -0.25) is 9.89 Å². The van der Waals surface area contributed by atoms with Crippen molar-refractivity contribution in [3.8, 4) is 17.1 Å². The van der Waals surface area contributed by atoms with Crippen LogP contribution in [0.1, 0.15) is 25.1 Å². The summed E-state index contributed by atoms with van der Waals surface area (Å²) in [4.78, 5) is 16.5. The van der Waals surface area contributed by atoms with Gasteiger partial charge in [0.15, 0.2) is 5.82 Å².